The third kappa shape index (κ3) is 3.95. The maximum absolute atomic E-state index is 13.1. The first-order chi connectivity index (χ1) is 15.5. The Morgan fingerprint density at radius 1 is 1.19 bits per heavy atom. The summed E-state index contributed by atoms with van der Waals surface area (Å²) in [6, 6.07) is 15.8. The molecule has 2 aromatic carbocycles. The number of aromatic nitrogens is 1. The first-order valence-electron chi connectivity index (χ1n) is 10.6. The molecular formula is C25H23BrN2O3S. The van der Waals surface area contributed by atoms with Crippen LogP contribution in [0.15, 0.2) is 57.4 Å². The zero-order valence-corrected chi connectivity index (χ0v) is 20.3. The molecule has 1 fully saturated rings. The molecule has 164 valence electrons. The van der Waals surface area contributed by atoms with E-state index < -0.39 is 0 Å². The monoisotopic (exact) mass is 510 g/mol. The van der Waals surface area contributed by atoms with Gasteiger partial charge in [-0.1, -0.05) is 40.2 Å². The second kappa shape index (κ2) is 8.71. The number of methoxy groups -OCH3 is 1. The number of amides is 1. The van der Waals surface area contributed by atoms with Crippen LogP contribution in [0.3, 0.4) is 0 Å². The molecule has 0 saturated carbocycles. The SMILES string of the molecule is COc1cccc2cc(C(=O)N3CCC(c4nc(-c5ccc(Br)cc5)c(C)s4)CC3)oc12. The summed E-state index contributed by atoms with van der Waals surface area (Å²) in [5.41, 5.74) is 2.82. The fraction of sp³-hybridized carbons (Fsp3) is 0.280. The molecule has 7 heteroatoms. The lowest BCUT2D eigenvalue weighted by Gasteiger charge is -2.30. The Balaban J connectivity index is 1.29. The van der Waals surface area contributed by atoms with E-state index in [0.717, 1.165) is 34.0 Å². The van der Waals surface area contributed by atoms with Crippen molar-refractivity contribution in [1.29, 1.82) is 0 Å². The van der Waals surface area contributed by atoms with Crippen molar-refractivity contribution in [3.05, 3.63) is 68.6 Å². The molecule has 3 heterocycles. The van der Waals surface area contributed by atoms with Gasteiger partial charge in [0.15, 0.2) is 17.1 Å². The number of carbonyl (C=O) groups excluding carboxylic acids is 1. The van der Waals surface area contributed by atoms with Crippen molar-refractivity contribution >= 4 is 44.1 Å². The Morgan fingerprint density at radius 3 is 2.66 bits per heavy atom. The maximum atomic E-state index is 13.1. The van der Waals surface area contributed by atoms with E-state index >= 15 is 0 Å². The van der Waals surface area contributed by atoms with Crippen molar-refractivity contribution in [3.63, 3.8) is 0 Å². The summed E-state index contributed by atoms with van der Waals surface area (Å²) in [5, 5.41) is 2.04. The number of benzene rings is 2. The maximum Gasteiger partial charge on any atom is 0.289 e. The van der Waals surface area contributed by atoms with E-state index in [1.807, 2.05) is 35.2 Å². The Labute approximate surface area is 199 Å². The van der Waals surface area contributed by atoms with Crippen molar-refractivity contribution in [2.45, 2.75) is 25.7 Å². The highest BCUT2D eigenvalue weighted by molar-refractivity contribution is 9.10. The molecule has 0 bridgehead atoms. The van der Waals surface area contributed by atoms with Gasteiger partial charge in [-0.2, -0.15) is 0 Å². The Hall–Kier alpha value is -2.64. The number of hydrogen-bond donors (Lipinski definition) is 0. The number of thiazole rings is 1. The normalized spacial score (nSPS) is 14.8. The molecule has 2 aromatic heterocycles. The third-order valence-electron chi connectivity index (χ3n) is 6.00. The van der Waals surface area contributed by atoms with Gasteiger partial charge in [0.05, 0.1) is 17.8 Å². The minimum absolute atomic E-state index is 0.0624. The van der Waals surface area contributed by atoms with Gasteiger partial charge in [-0.15, -0.1) is 11.3 Å². The number of ether oxygens (including phenoxy) is 1. The highest BCUT2D eigenvalue weighted by Gasteiger charge is 2.29. The van der Waals surface area contributed by atoms with Gasteiger partial charge in [0.1, 0.15) is 0 Å². The minimum atomic E-state index is -0.0624. The molecule has 5 nitrogen and oxygen atoms in total. The fourth-order valence-electron chi connectivity index (χ4n) is 4.25. The van der Waals surface area contributed by atoms with Crippen LogP contribution in [0.25, 0.3) is 22.2 Å². The standard InChI is InChI=1S/C25H23BrN2O3S/c1-15-22(16-6-8-19(26)9-7-16)27-24(32-15)17-10-12-28(13-11-17)25(29)21-14-18-4-3-5-20(30-2)23(18)31-21/h3-9,14,17H,10-13H2,1-2H3. The number of halogens is 1. The molecule has 0 aliphatic carbocycles. The molecule has 32 heavy (non-hydrogen) atoms. The molecule has 0 N–H and O–H groups in total. The van der Waals surface area contributed by atoms with E-state index in [1.165, 1.54) is 9.88 Å². The Kier molecular flexibility index (Phi) is 5.78. The topological polar surface area (TPSA) is 55.6 Å². The van der Waals surface area contributed by atoms with Crippen LogP contribution in [0.2, 0.25) is 0 Å². The fourth-order valence-corrected chi connectivity index (χ4v) is 5.63. The number of nitrogens with zero attached hydrogens (tertiary/aromatic N) is 2. The van der Waals surface area contributed by atoms with E-state index in [1.54, 1.807) is 24.5 Å². The van der Waals surface area contributed by atoms with Crippen LogP contribution < -0.4 is 4.74 Å². The lowest BCUT2D eigenvalue weighted by Crippen LogP contribution is -2.37. The van der Waals surface area contributed by atoms with Gasteiger partial charge in [0.2, 0.25) is 0 Å². The van der Waals surface area contributed by atoms with Crippen LogP contribution in [0.1, 0.15) is 39.2 Å². The van der Waals surface area contributed by atoms with E-state index in [4.69, 9.17) is 14.1 Å². The molecule has 0 unspecified atom stereocenters. The number of furan rings is 1. The van der Waals surface area contributed by atoms with E-state index in [2.05, 4.69) is 35.0 Å². The van der Waals surface area contributed by atoms with E-state index in [9.17, 15) is 4.79 Å². The van der Waals surface area contributed by atoms with Gasteiger partial charge in [-0.05, 0) is 44.0 Å². The summed E-state index contributed by atoms with van der Waals surface area (Å²) in [4.78, 5) is 21.2. The van der Waals surface area contributed by atoms with Gasteiger partial charge in [0, 0.05) is 39.3 Å². The Bertz CT molecular complexity index is 1270. The lowest BCUT2D eigenvalue weighted by molar-refractivity contribution is 0.0683. The molecule has 1 saturated heterocycles. The number of carbonyl (C=O) groups is 1. The zero-order valence-electron chi connectivity index (χ0n) is 17.9. The first kappa shape index (κ1) is 21.2. The number of hydrogen-bond acceptors (Lipinski definition) is 5. The van der Waals surface area contributed by atoms with Crippen LogP contribution in [0, 0.1) is 6.92 Å². The van der Waals surface area contributed by atoms with Crippen LogP contribution in [-0.4, -0.2) is 36.0 Å². The zero-order chi connectivity index (χ0) is 22.2. The first-order valence-corrected chi connectivity index (χ1v) is 12.2. The third-order valence-corrected chi connectivity index (χ3v) is 7.66. The van der Waals surface area contributed by atoms with Crippen LogP contribution >= 0.6 is 27.3 Å². The number of para-hydroxylation sites is 1. The average Bonchev–Trinajstić information content (AvgIpc) is 3.43. The molecule has 1 aliphatic heterocycles. The number of aryl methyl sites for hydroxylation is 1. The molecular weight excluding hydrogens is 488 g/mol. The number of piperidine rings is 1. The molecule has 4 aromatic rings. The highest BCUT2D eigenvalue weighted by atomic mass is 79.9. The van der Waals surface area contributed by atoms with Crippen LogP contribution in [-0.2, 0) is 0 Å². The van der Waals surface area contributed by atoms with Gasteiger partial charge in [-0.3, -0.25) is 4.79 Å². The predicted octanol–water partition coefficient (Wildman–Crippen LogP) is 6.66. The predicted molar refractivity (Wildman–Crippen MR) is 131 cm³/mol. The molecule has 0 radical (unpaired) electrons. The average molecular weight is 511 g/mol. The second-order valence-corrected chi connectivity index (χ2v) is 10.2. The molecule has 5 rings (SSSR count). The van der Waals surface area contributed by atoms with E-state index in [-0.39, 0.29) is 5.91 Å². The van der Waals surface area contributed by atoms with Gasteiger partial charge < -0.3 is 14.1 Å². The summed E-state index contributed by atoms with van der Waals surface area (Å²) in [7, 11) is 1.60. The largest absolute Gasteiger partial charge is 0.493 e. The van der Waals surface area contributed by atoms with Gasteiger partial charge >= 0.3 is 0 Å². The van der Waals surface area contributed by atoms with Crippen molar-refractivity contribution in [3.8, 4) is 17.0 Å². The van der Waals surface area contributed by atoms with Gasteiger partial charge in [0.25, 0.3) is 5.91 Å². The van der Waals surface area contributed by atoms with E-state index in [0.29, 0.717) is 36.1 Å². The van der Waals surface area contributed by atoms with Crippen LogP contribution in [0.5, 0.6) is 5.75 Å². The van der Waals surface area contributed by atoms with Crippen molar-refractivity contribution in [2.24, 2.45) is 0 Å². The smallest absolute Gasteiger partial charge is 0.289 e. The van der Waals surface area contributed by atoms with Crippen molar-refractivity contribution < 1.29 is 13.9 Å². The lowest BCUT2D eigenvalue weighted by atomic mass is 9.97. The van der Waals surface area contributed by atoms with Crippen LogP contribution in [0.4, 0.5) is 0 Å². The quantitative estimate of drug-likeness (QED) is 0.308. The summed E-state index contributed by atoms with van der Waals surface area (Å²) in [5.74, 6) is 1.32. The minimum Gasteiger partial charge on any atom is -0.493 e. The summed E-state index contributed by atoms with van der Waals surface area (Å²) >= 11 is 5.27. The van der Waals surface area contributed by atoms with Crippen molar-refractivity contribution in [1.82, 2.24) is 9.88 Å². The number of likely N-dealkylation sites (tertiary alicyclic amines) is 1. The summed E-state index contributed by atoms with van der Waals surface area (Å²) in [6.07, 6.45) is 1.81. The summed E-state index contributed by atoms with van der Waals surface area (Å²) in [6.45, 7) is 3.53. The highest BCUT2D eigenvalue weighted by Crippen LogP contribution is 2.37. The number of rotatable bonds is 4. The second-order valence-electron chi connectivity index (χ2n) is 8.02. The molecule has 1 amide bonds. The van der Waals surface area contributed by atoms with Gasteiger partial charge in [-0.25, -0.2) is 4.98 Å². The molecule has 0 atom stereocenters. The summed E-state index contributed by atoms with van der Waals surface area (Å²) < 4.78 is 12.3. The Morgan fingerprint density at radius 2 is 1.94 bits per heavy atom. The number of fused-ring (bicyclic) bond motifs is 1. The molecule has 0 spiro atoms. The van der Waals surface area contributed by atoms with Crippen molar-refractivity contribution in [2.75, 3.05) is 20.2 Å². The molecule has 1 aliphatic rings.